The number of methoxy groups -OCH3 is 1. The van der Waals surface area contributed by atoms with E-state index in [-0.39, 0.29) is 13.2 Å². The summed E-state index contributed by atoms with van der Waals surface area (Å²) in [5, 5.41) is 3.51. The summed E-state index contributed by atoms with van der Waals surface area (Å²) in [6.45, 7) is 0.774. The lowest BCUT2D eigenvalue weighted by atomic mass is 10.2. The lowest BCUT2D eigenvalue weighted by Crippen LogP contribution is -2.20. The Morgan fingerprint density at radius 1 is 1.32 bits per heavy atom. The van der Waals surface area contributed by atoms with Crippen molar-refractivity contribution in [1.29, 1.82) is 0 Å². The Balaban J connectivity index is 2.47. The molecule has 7 heteroatoms. The van der Waals surface area contributed by atoms with E-state index in [0.29, 0.717) is 16.5 Å². The van der Waals surface area contributed by atoms with E-state index in [0.717, 1.165) is 5.56 Å². The van der Waals surface area contributed by atoms with E-state index in [2.05, 4.69) is 10.1 Å². The maximum Gasteiger partial charge on any atom is 0.411 e. The highest BCUT2D eigenvalue weighted by Crippen LogP contribution is 2.30. The number of benzene rings is 1. The quantitative estimate of drug-likeness (QED) is 0.813. The average molecular weight is 298 g/mol. The number of halogens is 4. The lowest BCUT2D eigenvalue weighted by Gasteiger charge is -2.13. The first kappa shape index (κ1) is 15.9. The van der Waals surface area contributed by atoms with Crippen LogP contribution in [0.15, 0.2) is 12.1 Å². The molecule has 19 heavy (non-hydrogen) atoms. The monoisotopic (exact) mass is 297 g/mol. The molecule has 0 amide bonds. The molecular formula is C12H15ClF3NO2. The van der Waals surface area contributed by atoms with Crippen LogP contribution in [0.1, 0.15) is 5.56 Å². The van der Waals surface area contributed by atoms with Crippen molar-refractivity contribution in [2.45, 2.75) is 13.1 Å². The molecule has 0 bridgehead atoms. The Bertz CT molecular complexity index is 424. The fourth-order valence-electron chi connectivity index (χ4n) is 1.42. The minimum absolute atomic E-state index is 0.0513. The highest BCUT2D eigenvalue weighted by Gasteiger charge is 2.27. The molecule has 0 aliphatic heterocycles. The third kappa shape index (κ3) is 5.57. The molecule has 1 aromatic carbocycles. The summed E-state index contributed by atoms with van der Waals surface area (Å²) in [5.41, 5.74) is 1.51. The first-order valence-electron chi connectivity index (χ1n) is 5.56. The summed E-state index contributed by atoms with van der Waals surface area (Å²) in [6.07, 6.45) is -4.30. The van der Waals surface area contributed by atoms with Crippen molar-refractivity contribution < 1.29 is 22.6 Å². The standard InChI is InChI=1S/C12H15ClF3NO2/c1-8-5-10(11(18-2)6-9(8)13)17-3-4-19-7-12(14,15)16/h5-6,17H,3-4,7H2,1-2H3. The van der Waals surface area contributed by atoms with Crippen LogP contribution in [-0.2, 0) is 4.74 Å². The topological polar surface area (TPSA) is 30.5 Å². The number of hydrogen-bond donors (Lipinski definition) is 1. The van der Waals surface area contributed by atoms with Gasteiger partial charge in [-0.05, 0) is 18.6 Å². The molecular weight excluding hydrogens is 283 g/mol. The van der Waals surface area contributed by atoms with E-state index in [1.165, 1.54) is 7.11 Å². The van der Waals surface area contributed by atoms with Gasteiger partial charge in [0.2, 0.25) is 0 Å². The van der Waals surface area contributed by atoms with Crippen LogP contribution < -0.4 is 10.1 Å². The zero-order valence-corrected chi connectivity index (χ0v) is 11.4. The van der Waals surface area contributed by atoms with Crippen LogP contribution in [0.3, 0.4) is 0 Å². The largest absolute Gasteiger partial charge is 0.495 e. The van der Waals surface area contributed by atoms with Crippen molar-refractivity contribution in [3.05, 3.63) is 22.7 Å². The summed E-state index contributed by atoms with van der Waals surface area (Å²) in [6, 6.07) is 3.42. The minimum Gasteiger partial charge on any atom is -0.495 e. The molecule has 0 spiro atoms. The fourth-order valence-corrected chi connectivity index (χ4v) is 1.57. The second kappa shape index (κ2) is 6.86. The Morgan fingerprint density at radius 3 is 2.58 bits per heavy atom. The van der Waals surface area contributed by atoms with Gasteiger partial charge < -0.3 is 14.8 Å². The average Bonchev–Trinajstić information content (AvgIpc) is 2.31. The van der Waals surface area contributed by atoms with Gasteiger partial charge in [0.05, 0.1) is 19.4 Å². The normalized spacial score (nSPS) is 11.5. The molecule has 0 aliphatic rings. The van der Waals surface area contributed by atoms with Gasteiger partial charge in [0.15, 0.2) is 0 Å². The molecule has 0 saturated heterocycles. The van der Waals surface area contributed by atoms with Gasteiger partial charge in [0, 0.05) is 17.6 Å². The molecule has 0 heterocycles. The Morgan fingerprint density at radius 2 is 2.00 bits per heavy atom. The summed E-state index contributed by atoms with van der Waals surface area (Å²) >= 11 is 5.94. The number of hydrogen-bond acceptors (Lipinski definition) is 3. The zero-order chi connectivity index (χ0) is 14.5. The van der Waals surface area contributed by atoms with Crippen LogP contribution in [0.25, 0.3) is 0 Å². The highest BCUT2D eigenvalue weighted by atomic mass is 35.5. The van der Waals surface area contributed by atoms with Gasteiger partial charge in [0.1, 0.15) is 12.4 Å². The SMILES string of the molecule is COc1cc(Cl)c(C)cc1NCCOCC(F)(F)F. The summed E-state index contributed by atoms with van der Waals surface area (Å²) < 4.78 is 45.1. The molecule has 1 rings (SSSR count). The van der Waals surface area contributed by atoms with Gasteiger partial charge in [-0.2, -0.15) is 13.2 Å². The molecule has 0 fully saturated rings. The number of aryl methyl sites for hydroxylation is 1. The van der Waals surface area contributed by atoms with Gasteiger partial charge in [-0.25, -0.2) is 0 Å². The van der Waals surface area contributed by atoms with Crippen LogP contribution in [0, 0.1) is 6.92 Å². The van der Waals surface area contributed by atoms with E-state index < -0.39 is 12.8 Å². The molecule has 1 aromatic rings. The molecule has 1 N–H and O–H groups in total. The molecule has 0 unspecified atom stereocenters. The van der Waals surface area contributed by atoms with Gasteiger partial charge in [-0.1, -0.05) is 11.6 Å². The molecule has 0 radical (unpaired) electrons. The summed E-state index contributed by atoms with van der Waals surface area (Å²) in [4.78, 5) is 0. The van der Waals surface area contributed by atoms with Crippen LogP contribution >= 0.6 is 11.6 Å². The van der Waals surface area contributed by atoms with Crippen LogP contribution in [0.4, 0.5) is 18.9 Å². The van der Waals surface area contributed by atoms with Crippen molar-refractivity contribution in [3.63, 3.8) is 0 Å². The molecule has 0 aromatic heterocycles. The Labute approximate surface area is 114 Å². The van der Waals surface area contributed by atoms with Crippen molar-refractivity contribution in [1.82, 2.24) is 0 Å². The van der Waals surface area contributed by atoms with E-state index in [9.17, 15) is 13.2 Å². The van der Waals surface area contributed by atoms with Crippen LogP contribution in [0.2, 0.25) is 5.02 Å². The smallest absolute Gasteiger partial charge is 0.411 e. The molecule has 0 saturated carbocycles. The van der Waals surface area contributed by atoms with Crippen LogP contribution in [0.5, 0.6) is 5.75 Å². The zero-order valence-electron chi connectivity index (χ0n) is 10.6. The number of anilines is 1. The molecule has 3 nitrogen and oxygen atoms in total. The van der Waals surface area contributed by atoms with Gasteiger partial charge in [-0.3, -0.25) is 0 Å². The number of nitrogens with one attached hydrogen (secondary N) is 1. The first-order valence-corrected chi connectivity index (χ1v) is 5.94. The molecule has 108 valence electrons. The van der Waals surface area contributed by atoms with E-state index in [1.807, 2.05) is 6.92 Å². The number of rotatable bonds is 6. The van der Waals surface area contributed by atoms with Gasteiger partial charge in [-0.15, -0.1) is 0 Å². The highest BCUT2D eigenvalue weighted by molar-refractivity contribution is 6.31. The predicted molar refractivity (Wildman–Crippen MR) is 68.1 cm³/mol. The van der Waals surface area contributed by atoms with Crippen molar-refractivity contribution >= 4 is 17.3 Å². The van der Waals surface area contributed by atoms with Gasteiger partial charge >= 0.3 is 6.18 Å². The minimum atomic E-state index is -4.30. The van der Waals surface area contributed by atoms with Crippen molar-refractivity contribution in [2.24, 2.45) is 0 Å². The summed E-state index contributed by atoms with van der Waals surface area (Å²) in [7, 11) is 1.49. The van der Waals surface area contributed by atoms with E-state index in [4.69, 9.17) is 16.3 Å². The maximum atomic E-state index is 11.8. The number of alkyl halides is 3. The fraction of sp³-hybridized carbons (Fsp3) is 0.500. The van der Waals surface area contributed by atoms with E-state index in [1.54, 1.807) is 12.1 Å². The summed E-state index contributed by atoms with van der Waals surface area (Å²) in [5.74, 6) is 0.534. The third-order valence-electron chi connectivity index (χ3n) is 2.31. The molecule has 0 atom stereocenters. The second-order valence-corrected chi connectivity index (χ2v) is 4.30. The number of ether oxygens (including phenoxy) is 2. The lowest BCUT2D eigenvalue weighted by molar-refractivity contribution is -0.172. The van der Waals surface area contributed by atoms with E-state index >= 15 is 0 Å². The van der Waals surface area contributed by atoms with Gasteiger partial charge in [0.25, 0.3) is 0 Å². The third-order valence-corrected chi connectivity index (χ3v) is 2.72. The Hall–Kier alpha value is -1.14. The molecule has 0 aliphatic carbocycles. The predicted octanol–water partition coefficient (Wildman–Crippen LogP) is 3.65. The first-order chi connectivity index (χ1) is 8.83. The maximum absolute atomic E-state index is 11.8. The van der Waals surface area contributed by atoms with Crippen LogP contribution in [-0.4, -0.2) is 33.0 Å². The second-order valence-electron chi connectivity index (χ2n) is 3.90. The van der Waals surface area contributed by atoms with Crippen molar-refractivity contribution in [2.75, 3.05) is 32.2 Å². The Kier molecular flexibility index (Phi) is 5.75. The van der Waals surface area contributed by atoms with Crippen molar-refractivity contribution in [3.8, 4) is 5.75 Å².